The van der Waals surface area contributed by atoms with Crippen LogP contribution < -0.4 is 4.90 Å². The molecule has 4 heteroatoms. The minimum Gasteiger partial charge on any atom is -0.479 e. The van der Waals surface area contributed by atoms with Crippen molar-refractivity contribution in [1.29, 1.82) is 0 Å². The Hall–Kier alpha value is -1.32. The van der Waals surface area contributed by atoms with Crippen LogP contribution in [0.4, 0.5) is 5.82 Å². The van der Waals surface area contributed by atoms with Gasteiger partial charge in [0.25, 0.3) is 0 Å². The van der Waals surface area contributed by atoms with Gasteiger partial charge in [-0.3, -0.25) is 0 Å². The molecule has 0 amide bonds. The fourth-order valence-electron chi connectivity index (χ4n) is 1.27. The zero-order valence-corrected chi connectivity index (χ0v) is 8.28. The van der Waals surface area contributed by atoms with Gasteiger partial charge in [0.05, 0.1) is 0 Å². The highest BCUT2D eigenvalue weighted by molar-refractivity contribution is 5.45. The van der Waals surface area contributed by atoms with Crippen molar-refractivity contribution in [2.45, 2.75) is 20.8 Å². The molecular formula is C9H15N3O. The molecule has 1 N–H and O–H groups in total. The third kappa shape index (κ3) is 2.08. The monoisotopic (exact) mass is 181 g/mol. The predicted molar refractivity (Wildman–Crippen MR) is 52.0 cm³/mol. The first-order valence-electron chi connectivity index (χ1n) is 4.46. The first-order valence-corrected chi connectivity index (χ1v) is 4.46. The molecule has 0 spiro atoms. The number of hydrogen-bond acceptors (Lipinski definition) is 4. The van der Waals surface area contributed by atoms with Crippen LogP contribution in [0.2, 0.25) is 0 Å². The maximum Gasteiger partial charge on any atom is 0.315 e. The molecule has 0 saturated heterocycles. The summed E-state index contributed by atoms with van der Waals surface area (Å²) in [6.45, 7) is 7.82. The minimum absolute atomic E-state index is 0.160. The highest BCUT2D eigenvalue weighted by Gasteiger charge is 2.08. The van der Waals surface area contributed by atoms with Crippen molar-refractivity contribution in [3.8, 4) is 6.01 Å². The van der Waals surface area contributed by atoms with Crippen molar-refractivity contribution in [3.05, 3.63) is 11.8 Å². The summed E-state index contributed by atoms with van der Waals surface area (Å²) in [6, 6.07) is -0.160. The van der Waals surface area contributed by atoms with Gasteiger partial charge in [0.1, 0.15) is 5.82 Å². The summed E-state index contributed by atoms with van der Waals surface area (Å²) in [5, 5.41) is 9.13. The Kier molecular flexibility index (Phi) is 3.06. The first kappa shape index (κ1) is 9.77. The van der Waals surface area contributed by atoms with E-state index in [1.54, 1.807) is 6.20 Å². The van der Waals surface area contributed by atoms with Crippen LogP contribution in [0.3, 0.4) is 0 Å². The SMILES string of the molecule is CCN(CC)c1nc(O)ncc1C. The Labute approximate surface area is 78.2 Å². The lowest BCUT2D eigenvalue weighted by molar-refractivity contribution is 0.429. The van der Waals surface area contributed by atoms with Crippen molar-refractivity contribution in [1.82, 2.24) is 9.97 Å². The van der Waals surface area contributed by atoms with E-state index in [1.807, 2.05) is 6.92 Å². The van der Waals surface area contributed by atoms with Crippen LogP contribution in [0, 0.1) is 6.92 Å². The number of aromatic nitrogens is 2. The summed E-state index contributed by atoms with van der Waals surface area (Å²) in [7, 11) is 0. The molecule has 0 aromatic carbocycles. The molecule has 0 saturated carbocycles. The normalized spacial score (nSPS) is 10.1. The van der Waals surface area contributed by atoms with E-state index < -0.39 is 0 Å². The van der Waals surface area contributed by atoms with E-state index in [4.69, 9.17) is 5.11 Å². The molecule has 0 unspecified atom stereocenters. The topological polar surface area (TPSA) is 49.2 Å². The number of rotatable bonds is 3. The molecule has 0 fully saturated rings. The van der Waals surface area contributed by atoms with Gasteiger partial charge in [0.2, 0.25) is 0 Å². The first-order chi connectivity index (χ1) is 6.19. The average Bonchev–Trinajstić information content (AvgIpc) is 2.13. The van der Waals surface area contributed by atoms with Crippen LogP contribution in [0.15, 0.2) is 6.20 Å². The molecule has 0 atom stereocenters. The maximum absolute atomic E-state index is 9.13. The summed E-state index contributed by atoms with van der Waals surface area (Å²) < 4.78 is 0. The second-order valence-corrected chi connectivity index (χ2v) is 2.85. The van der Waals surface area contributed by atoms with Crippen LogP contribution >= 0.6 is 0 Å². The second-order valence-electron chi connectivity index (χ2n) is 2.85. The molecular weight excluding hydrogens is 166 g/mol. The zero-order chi connectivity index (χ0) is 9.84. The lowest BCUT2D eigenvalue weighted by atomic mass is 10.3. The lowest BCUT2D eigenvalue weighted by Gasteiger charge is -2.21. The van der Waals surface area contributed by atoms with Crippen molar-refractivity contribution in [3.63, 3.8) is 0 Å². The van der Waals surface area contributed by atoms with Gasteiger partial charge in [-0.2, -0.15) is 4.98 Å². The van der Waals surface area contributed by atoms with Crippen LogP contribution in [0.5, 0.6) is 6.01 Å². The van der Waals surface area contributed by atoms with Gasteiger partial charge in [-0.15, -0.1) is 0 Å². The fourth-order valence-corrected chi connectivity index (χ4v) is 1.27. The van der Waals surface area contributed by atoms with Crippen molar-refractivity contribution in [2.24, 2.45) is 0 Å². The fraction of sp³-hybridized carbons (Fsp3) is 0.556. The van der Waals surface area contributed by atoms with E-state index in [0.29, 0.717) is 0 Å². The Morgan fingerprint density at radius 3 is 2.54 bits per heavy atom. The highest BCUT2D eigenvalue weighted by atomic mass is 16.3. The molecule has 0 radical (unpaired) electrons. The number of nitrogens with zero attached hydrogens (tertiary/aromatic N) is 3. The molecule has 0 aliphatic heterocycles. The van der Waals surface area contributed by atoms with E-state index in [2.05, 4.69) is 28.7 Å². The summed E-state index contributed by atoms with van der Waals surface area (Å²) in [5.74, 6) is 0.817. The number of aromatic hydroxyl groups is 1. The van der Waals surface area contributed by atoms with Gasteiger partial charge in [0, 0.05) is 24.8 Å². The number of hydrogen-bond donors (Lipinski definition) is 1. The van der Waals surface area contributed by atoms with Gasteiger partial charge in [-0.25, -0.2) is 4.98 Å². The molecule has 1 aromatic rings. The third-order valence-electron chi connectivity index (χ3n) is 2.00. The highest BCUT2D eigenvalue weighted by Crippen LogP contribution is 2.17. The van der Waals surface area contributed by atoms with Crippen molar-refractivity contribution in [2.75, 3.05) is 18.0 Å². The Bertz CT molecular complexity index is 284. The van der Waals surface area contributed by atoms with Gasteiger partial charge in [0.15, 0.2) is 0 Å². The Morgan fingerprint density at radius 1 is 1.38 bits per heavy atom. The van der Waals surface area contributed by atoms with E-state index in [0.717, 1.165) is 24.5 Å². The molecule has 0 aliphatic carbocycles. The summed E-state index contributed by atoms with van der Waals surface area (Å²) in [6.07, 6.45) is 1.63. The van der Waals surface area contributed by atoms with E-state index in [-0.39, 0.29) is 6.01 Å². The van der Waals surface area contributed by atoms with Crippen molar-refractivity contribution >= 4 is 5.82 Å². The molecule has 72 valence electrons. The smallest absolute Gasteiger partial charge is 0.315 e. The van der Waals surface area contributed by atoms with Crippen molar-refractivity contribution < 1.29 is 5.11 Å². The van der Waals surface area contributed by atoms with Crippen LogP contribution in [-0.4, -0.2) is 28.2 Å². The van der Waals surface area contributed by atoms with Crippen LogP contribution in [-0.2, 0) is 0 Å². The average molecular weight is 181 g/mol. The lowest BCUT2D eigenvalue weighted by Crippen LogP contribution is -2.23. The number of anilines is 1. The van der Waals surface area contributed by atoms with E-state index in [1.165, 1.54) is 0 Å². The van der Waals surface area contributed by atoms with Gasteiger partial charge < -0.3 is 10.0 Å². The Morgan fingerprint density at radius 2 is 2.00 bits per heavy atom. The molecule has 1 heterocycles. The largest absolute Gasteiger partial charge is 0.479 e. The molecule has 1 rings (SSSR count). The third-order valence-corrected chi connectivity index (χ3v) is 2.00. The van der Waals surface area contributed by atoms with Gasteiger partial charge in [-0.1, -0.05) is 0 Å². The zero-order valence-electron chi connectivity index (χ0n) is 8.28. The molecule has 1 aromatic heterocycles. The summed E-state index contributed by atoms with van der Waals surface area (Å²) in [5.41, 5.74) is 0.988. The molecule has 0 bridgehead atoms. The van der Waals surface area contributed by atoms with E-state index >= 15 is 0 Å². The number of aryl methyl sites for hydroxylation is 1. The van der Waals surface area contributed by atoms with Gasteiger partial charge >= 0.3 is 6.01 Å². The summed E-state index contributed by atoms with van der Waals surface area (Å²) >= 11 is 0. The molecule has 13 heavy (non-hydrogen) atoms. The van der Waals surface area contributed by atoms with Gasteiger partial charge in [-0.05, 0) is 20.8 Å². The summed E-state index contributed by atoms with van der Waals surface area (Å²) in [4.78, 5) is 9.77. The van der Waals surface area contributed by atoms with E-state index in [9.17, 15) is 0 Å². The maximum atomic E-state index is 9.13. The predicted octanol–water partition coefficient (Wildman–Crippen LogP) is 1.34. The van der Waals surface area contributed by atoms with Crippen LogP contribution in [0.25, 0.3) is 0 Å². The standard InChI is InChI=1S/C9H15N3O/c1-4-12(5-2)8-7(3)6-10-9(13)11-8/h6H,4-5H2,1-3H3,(H,10,11,13). The molecule has 4 nitrogen and oxygen atoms in total. The van der Waals surface area contributed by atoms with Crippen LogP contribution in [0.1, 0.15) is 19.4 Å². The quantitative estimate of drug-likeness (QED) is 0.764. The molecule has 0 aliphatic rings. The minimum atomic E-state index is -0.160. The Balaban J connectivity index is 3.03. The second kappa shape index (κ2) is 4.07.